The lowest BCUT2D eigenvalue weighted by Crippen LogP contribution is -2.25. The predicted octanol–water partition coefficient (Wildman–Crippen LogP) is 4.56. The first-order chi connectivity index (χ1) is 13.6. The van der Waals surface area contributed by atoms with Crippen LogP contribution < -0.4 is 10.6 Å². The second kappa shape index (κ2) is 9.30. The summed E-state index contributed by atoms with van der Waals surface area (Å²) >= 11 is 7.64. The number of halogens is 1. The van der Waals surface area contributed by atoms with Gasteiger partial charge in [0.2, 0.25) is 5.91 Å². The summed E-state index contributed by atoms with van der Waals surface area (Å²) < 4.78 is 0. The molecule has 1 heterocycles. The minimum atomic E-state index is -0.273. The van der Waals surface area contributed by atoms with Gasteiger partial charge in [-0.3, -0.25) is 9.59 Å². The van der Waals surface area contributed by atoms with Crippen molar-refractivity contribution in [3.8, 4) is 10.6 Å². The fourth-order valence-electron chi connectivity index (χ4n) is 2.56. The van der Waals surface area contributed by atoms with E-state index in [1.165, 1.54) is 11.3 Å². The van der Waals surface area contributed by atoms with E-state index in [0.717, 1.165) is 10.6 Å². The molecule has 0 saturated heterocycles. The lowest BCUT2D eigenvalue weighted by atomic mass is 10.1. The molecule has 0 aliphatic heterocycles. The lowest BCUT2D eigenvalue weighted by Gasteiger charge is -2.10. The van der Waals surface area contributed by atoms with E-state index in [1.807, 2.05) is 23.6 Å². The van der Waals surface area contributed by atoms with Crippen molar-refractivity contribution in [3.63, 3.8) is 0 Å². The molecule has 142 valence electrons. The summed E-state index contributed by atoms with van der Waals surface area (Å²) in [4.78, 5) is 29.2. The van der Waals surface area contributed by atoms with Crippen molar-refractivity contribution in [2.24, 2.45) is 0 Å². The molecule has 0 saturated carbocycles. The summed E-state index contributed by atoms with van der Waals surface area (Å²) in [6.45, 7) is 3.93. The molecule has 0 atom stereocenters. The predicted molar refractivity (Wildman–Crippen MR) is 114 cm³/mol. The van der Waals surface area contributed by atoms with Gasteiger partial charge in [-0.25, -0.2) is 4.98 Å². The smallest absolute Gasteiger partial charge is 0.253 e. The summed E-state index contributed by atoms with van der Waals surface area (Å²) in [6, 6.07) is 14.3. The number of thiazole rings is 1. The van der Waals surface area contributed by atoms with Gasteiger partial charge in [0.05, 0.1) is 28.4 Å². The van der Waals surface area contributed by atoms with Gasteiger partial charge >= 0.3 is 0 Å². The number of rotatable bonds is 7. The van der Waals surface area contributed by atoms with Crippen molar-refractivity contribution < 1.29 is 9.59 Å². The molecule has 0 aliphatic carbocycles. The number of para-hydroxylation sites is 1. The van der Waals surface area contributed by atoms with Crippen molar-refractivity contribution in [2.45, 2.75) is 6.42 Å². The number of hydrogen-bond acceptors (Lipinski definition) is 4. The molecule has 0 bridgehead atoms. The van der Waals surface area contributed by atoms with E-state index < -0.39 is 0 Å². The Hall–Kier alpha value is -2.96. The van der Waals surface area contributed by atoms with Crippen LogP contribution in [0.15, 0.2) is 66.6 Å². The van der Waals surface area contributed by atoms with Crippen LogP contribution in [0.4, 0.5) is 5.69 Å². The Kier molecular flexibility index (Phi) is 6.57. The van der Waals surface area contributed by atoms with Gasteiger partial charge in [0.1, 0.15) is 5.01 Å². The highest BCUT2D eigenvalue weighted by molar-refractivity contribution is 7.13. The number of nitrogens with one attached hydrogen (secondary N) is 2. The summed E-state index contributed by atoms with van der Waals surface area (Å²) in [5, 5.41) is 8.71. The molecule has 5 nitrogen and oxygen atoms in total. The van der Waals surface area contributed by atoms with Crippen LogP contribution in [-0.2, 0) is 11.2 Å². The van der Waals surface area contributed by atoms with E-state index >= 15 is 0 Å². The Labute approximate surface area is 172 Å². The van der Waals surface area contributed by atoms with Crippen molar-refractivity contribution in [2.75, 3.05) is 11.9 Å². The van der Waals surface area contributed by atoms with Gasteiger partial charge in [-0.1, -0.05) is 48.0 Å². The largest absolute Gasteiger partial charge is 0.349 e. The zero-order valence-corrected chi connectivity index (χ0v) is 16.5. The van der Waals surface area contributed by atoms with Gasteiger partial charge in [-0.15, -0.1) is 17.9 Å². The molecule has 0 unspecified atom stereocenters. The quantitative estimate of drug-likeness (QED) is 0.560. The molecule has 0 aliphatic rings. The number of hydrogen-bond donors (Lipinski definition) is 2. The van der Waals surface area contributed by atoms with Crippen molar-refractivity contribution in [3.05, 3.63) is 82.8 Å². The van der Waals surface area contributed by atoms with Crippen LogP contribution >= 0.6 is 22.9 Å². The van der Waals surface area contributed by atoms with E-state index in [9.17, 15) is 9.59 Å². The molecule has 2 amide bonds. The Bertz CT molecular complexity index is 1020. The maximum absolute atomic E-state index is 12.5. The first kappa shape index (κ1) is 19.8. The third-order valence-corrected chi connectivity index (χ3v) is 5.10. The van der Waals surface area contributed by atoms with Crippen molar-refractivity contribution in [1.82, 2.24) is 10.3 Å². The van der Waals surface area contributed by atoms with E-state index in [-0.39, 0.29) is 18.2 Å². The van der Waals surface area contributed by atoms with Crippen LogP contribution in [0.25, 0.3) is 10.6 Å². The Morgan fingerprint density at radius 3 is 2.68 bits per heavy atom. The molecule has 7 heteroatoms. The molecule has 2 aromatic carbocycles. The molecule has 3 rings (SSSR count). The van der Waals surface area contributed by atoms with E-state index in [4.69, 9.17) is 11.6 Å². The van der Waals surface area contributed by atoms with Gasteiger partial charge in [0.25, 0.3) is 5.91 Å². The maximum Gasteiger partial charge on any atom is 0.253 e. The summed E-state index contributed by atoms with van der Waals surface area (Å²) in [7, 11) is 0. The second-order valence-electron chi connectivity index (χ2n) is 5.89. The monoisotopic (exact) mass is 411 g/mol. The average Bonchev–Trinajstić information content (AvgIpc) is 3.15. The lowest BCUT2D eigenvalue weighted by molar-refractivity contribution is -0.115. The molecule has 3 aromatic rings. The third kappa shape index (κ3) is 4.85. The molecule has 2 N–H and O–H groups in total. The number of anilines is 1. The zero-order chi connectivity index (χ0) is 19.9. The van der Waals surface area contributed by atoms with Gasteiger partial charge in [0, 0.05) is 17.5 Å². The molecule has 28 heavy (non-hydrogen) atoms. The maximum atomic E-state index is 12.5. The molecular formula is C21H18ClN3O2S. The first-order valence-electron chi connectivity index (χ1n) is 8.55. The van der Waals surface area contributed by atoms with Crippen LogP contribution in [0.5, 0.6) is 0 Å². The Morgan fingerprint density at radius 1 is 1.14 bits per heavy atom. The van der Waals surface area contributed by atoms with E-state index in [2.05, 4.69) is 22.2 Å². The number of carbonyl (C=O) groups excluding carboxylic acids is 2. The van der Waals surface area contributed by atoms with Gasteiger partial charge in [-0.05, 0) is 18.2 Å². The summed E-state index contributed by atoms with van der Waals surface area (Å²) in [5.41, 5.74) is 2.33. The number of aromatic nitrogens is 1. The minimum absolute atomic E-state index is 0.101. The molecule has 1 aromatic heterocycles. The number of nitrogens with zero attached hydrogens (tertiary/aromatic N) is 1. The fraction of sp³-hybridized carbons (Fsp3) is 0.0952. The third-order valence-electron chi connectivity index (χ3n) is 3.85. The van der Waals surface area contributed by atoms with Gasteiger partial charge in [0.15, 0.2) is 0 Å². The van der Waals surface area contributed by atoms with E-state index in [0.29, 0.717) is 28.5 Å². The second-order valence-corrected chi connectivity index (χ2v) is 7.16. The van der Waals surface area contributed by atoms with Crippen LogP contribution in [0.2, 0.25) is 5.02 Å². The highest BCUT2D eigenvalue weighted by Crippen LogP contribution is 2.30. The summed E-state index contributed by atoms with van der Waals surface area (Å²) in [5.74, 6) is -0.523. The highest BCUT2D eigenvalue weighted by atomic mass is 35.5. The van der Waals surface area contributed by atoms with Crippen LogP contribution in [0.1, 0.15) is 16.1 Å². The van der Waals surface area contributed by atoms with E-state index in [1.54, 1.807) is 36.4 Å². The highest BCUT2D eigenvalue weighted by Gasteiger charge is 2.14. The van der Waals surface area contributed by atoms with Crippen LogP contribution in [0, 0.1) is 0 Å². The van der Waals surface area contributed by atoms with Crippen molar-refractivity contribution >= 4 is 40.4 Å². The molecule has 0 spiro atoms. The fourth-order valence-corrected chi connectivity index (χ4v) is 3.70. The van der Waals surface area contributed by atoms with Crippen LogP contribution in [-0.4, -0.2) is 23.3 Å². The number of benzene rings is 2. The minimum Gasteiger partial charge on any atom is -0.349 e. The standard InChI is InChI=1S/C21H18ClN3O2S/c1-2-11-23-20(27)16-8-4-6-10-18(16)25-19(26)12-14-13-28-21(24-14)15-7-3-5-9-17(15)22/h2-10,13H,1,11-12H2,(H,23,27)(H,25,26). The Balaban J connectivity index is 1.70. The normalized spacial score (nSPS) is 10.3. The van der Waals surface area contributed by atoms with Gasteiger partial charge < -0.3 is 10.6 Å². The summed E-state index contributed by atoms with van der Waals surface area (Å²) in [6.07, 6.45) is 1.70. The number of amides is 2. The zero-order valence-electron chi connectivity index (χ0n) is 14.9. The molecule has 0 radical (unpaired) electrons. The SMILES string of the molecule is C=CCNC(=O)c1ccccc1NC(=O)Cc1csc(-c2ccccc2Cl)n1. The van der Waals surface area contributed by atoms with Crippen LogP contribution in [0.3, 0.4) is 0 Å². The molecular weight excluding hydrogens is 394 g/mol. The van der Waals surface area contributed by atoms with Crippen molar-refractivity contribution in [1.29, 1.82) is 0 Å². The molecule has 0 fully saturated rings. The van der Waals surface area contributed by atoms with Gasteiger partial charge in [-0.2, -0.15) is 0 Å². The number of carbonyl (C=O) groups is 2. The topological polar surface area (TPSA) is 71.1 Å². The average molecular weight is 412 g/mol. The Morgan fingerprint density at radius 2 is 1.89 bits per heavy atom. The first-order valence-corrected chi connectivity index (χ1v) is 9.81.